The first-order valence-corrected chi connectivity index (χ1v) is 7.56. The van der Waals surface area contributed by atoms with Gasteiger partial charge in [-0.3, -0.25) is 4.79 Å². The predicted molar refractivity (Wildman–Crippen MR) is 89.0 cm³/mol. The number of esters is 1. The lowest BCUT2D eigenvalue weighted by molar-refractivity contribution is -0.119. The molecule has 2 rings (SSSR count). The largest absolute Gasteiger partial charge is 0.452 e. The summed E-state index contributed by atoms with van der Waals surface area (Å²) in [5.74, 6) is -0.901. The third kappa shape index (κ3) is 3.95. The van der Waals surface area contributed by atoms with Gasteiger partial charge in [0, 0.05) is 10.2 Å². The molecule has 0 aliphatic rings. The number of halogens is 1. The maximum atomic E-state index is 11.9. The zero-order valence-electron chi connectivity index (χ0n) is 12.4. The minimum absolute atomic E-state index is 0.325. The van der Waals surface area contributed by atoms with Crippen LogP contribution in [0.5, 0.6) is 0 Å². The molecule has 0 aliphatic heterocycles. The van der Waals surface area contributed by atoms with Crippen molar-refractivity contribution in [1.29, 1.82) is 0 Å². The van der Waals surface area contributed by atoms with Crippen LogP contribution in [0.1, 0.15) is 21.5 Å². The van der Waals surface area contributed by atoms with Crippen LogP contribution >= 0.6 is 15.9 Å². The van der Waals surface area contributed by atoms with Crippen LogP contribution in [0.2, 0.25) is 0 Å². The van der Waals surface area contributed by atoms with Crippen LogP contribution in [0.4, 0.5) is 5.69 Å². The highest BCUT2D eigenvalue weighted by Gasteiger charge is 2.13. The molecule has 0 radical (unpaired) electrons. The van der Waals surface area contributed by atoms with Gasteiger partial charge in [-0.25, -0.2) is 4.79 Å². The molecule has 0 bridgehead atoms. The average molecular weight is 362 g/mol. The van der Waals surface area contributed by atoms with Gasteiger partial charge in [-0.05, 0) is 53.0 Å². The molecule has 2 aromatic carbocycles. The Balaban J connectivity index is 1.96. The smallest absolute Gasteiger partial charge is 0.339 e. The number of carbonyl (C=O) groups excluding carboxylic acids is 2. The molecule has 0 aromatic heterocycles. The molecule has 4 nitrogen and oxygen atoms in total. The number of anilines is 1. The first-order valence-electron chi connectivity index (χ1n) is 6.76. The van der Waals surface area contributed by atoms with Gasteiger partial charge < -0.3 is 10.1 Å². The van der Waals surface area contributed by atoms with Crippen LogP contribution in [-0.2, 0) is 9.53 Å². The Morgan fingerprint density at radius 1 is 1.05 bits per heavy atom. The topological polar surface area (TPSA) is 55.4 Å². The van der Waals surface area contributed by atoms with E-state index < -0.39 is 5.97 Å². The maximum absolute atomic E-state index is 11.9. The van der Waals surface area contributed by atoms with Gasteiger partial charge in [0.05, 0.1) is 5.56 Å². The van der Waals surface area contributed by atoms with Crippen LogP contribution in [0.25, 0.3) is 0 Å². The van der Waals surface area contributed by atoms with E-state index in [1.54, 1.807) is 24.3 Å². The number of carbonyl (C=O) groups is 2. The summed E-state index contributed by atoms with van der Waals surface area (Å²) >= 11 is 3.28. The molecule has 0 heterocycles. The molecule has 0 unspecified atom stereocenters. The molecule has 1 N–H and O–H groups in total. The first kappa shape index (κ1) is 16.2. The predicted octanol–water partition coefficient (Wildman–Crippen LogP) is 3.86. The zero-order chi connectivity index (χ0) is 16.1. The zero-order valence-corrected chi connectivity index (χ0v) is 13.9. The fraction of sp³-hybridized carbons (Fsp3) is 0.176. The monoisotopic (exact) mass is 361 g/mol. The standard InChI is InChI=1S/C17H16BrNO3/c1-11-6-5-7-12(2)16(11)19-15(20)10-22-17(21)13-8-3-4-9-14(13)18/h3-9H,10H2,1-2H3,(H,19,20). The highest BCUT2D eigenvalue weighted by atomic mass is 79.9. The highest BCUT2D eigenvalue weighted by Crippen LogP contribution is 2.19. The third-order valence-electron chi connectivity index (χ3n) is 3.17. The fourth-order valence-corrected chi connectivity index (χ4v) is 2.47. The van der Waals surface area contributed by atoms with Crippen LogP contribution in [-0.4, -0.2) is 18.5 Å². The van der Waals surface area contributed by atoms with E-state index in [1.807, 2.05) is 32.0 Å². The molecule has 0 saturated carbocycles. The summed E-state index contributed by atoms with van der Waals surface area (Å²) in [7, 11) is 0. The maximum Gasteiger partial charge on any atom is 0.339 e. The molecule has 5 heteroatoms. The second-order valence-electron chi connectivity index (χ2n) is 4.87. The summed E-state index contributed by atoms with van der Waals surface area (Å²) in [6.07, 6.45) is 0. The van der Waals surface area contributed by atoms with Crippen molar-refractivity contribution in [3.05, 3.63) is 63.6 Å². The van der Waals surface area contributed by atoms with Crippen molar-refractivity contribution < 1.29 is 14.3 Å². The number of aryl methyl sites for hydroxylation is 2. The Morgan fingerprint density at radius 3 is 2.32 bits per heavy atom. The molecule has 114 valence electrons. The van der Waals surface area contributed by atoms with Crippen molar-refractivity contribution in [2.75, 3.05) is 11.9 Å². The molecule has 22 heavy (non-hydrogen) atoms. The van der Waals surface area contributed by atoms with Crippen LogP contribution in [0.15, 0.2) is 46.9 Å². The molecule has 2 aromatic rings. The van der Waals surface area contributed by atoms with E-state index in [9.17, 15) is 9.59 Å². The minimum atomic E-state index is -0.538. The number of amides is 1. The molecular weight excluding hydrogens is 346 g/mol. The normalized spacial score (nSPS) is 10.1. The van der Waals surface area contributed by atoms with Gasteiger partial charge in [0.25, 0.3) is 5.91 Å². The summed E-state index contributed by atoms with van der Waals surface area (Å²) in [5.41, 5.74) is 3.07. The van der Waals surface area contributed by atoms with E-state index in [2.05, 4.69) is 21.2 Å². The lowest BCUT2D eigenvalue weighted by atomic mass is 10.1. The Hall–Kier alpha value is -2.14. The van der Waals surface area contributed by atoms with Gasteiger partial charge in [-0.15, -0.1) is 0 Å². The molecular formula is C17H16BrNO3. The third-order valence-corrected chi connectivity index (χ3v) is 3.87. The number of nitrogens with one attached hydrogen (secondary N) is 1. The fourth-order valence-electron chi connectivity index (χ4n) is 2.02. The van der Waals surface area contributed by atoms with E-state index in [-0.39, 0.29) is 12.5 Å². The Labute approximate surface area is 137 Å². The van der Waals surface area contributed by atoms with Crippen LogP contribution in [0.3, 0.4) is 0 Å². The van der Waals surface area contributed by atoms with Crippen LogP contribution in [0, 0.1) is 13.8 Å². The Morgan fingerprint density at radius 2 is 1.68 bits per heavy atom. The van der Waals surface area contributed by atoms with Crippen molar-refractivity contribution in [2.45, 2.75) is 13.8 Å². The van der Waals surface area contributed by atoms with Crippen molar-refractivity contribution in [1.82, 2.24) is 0 Å². The van der Waals surface area contributed by atoms with Gasteiger partial charge in [-0.2, -0.15) is 0 Å². The van der Waals surface area contributed by atoms with Crippen molar-refractivity contribution in [2.24, 2.45) is 0 Å². The molecule has 0 atom stereocenters. The average Bonchev–Trinajstić information content (AvgIpc) is 2.49. The molecule has 0 spiro atoms. The summed E-state index contributed by atoms with van der Waals surface area (Å²) < 4.78 is 5.68. The van der Waals surface area contributed by atoms with Crippen molar-refractivity contribution >= 4 is 33.5 Å². The van der Waals surface area contributed by atoms with E-state index >= 15 is 0 Å². The minimum Gasteiger partial charge on any atom is -0.452 e. The summed E-state index contributed by atoms with van der Waals surface area (Å²) in [4.78, 5) is 23.9. The number of benzene rings is 2. The van der Waals surface area contributed by atoms with E-state index in [4.69, 9.17) is 4.74 Å². The molecule has 0 aliphatic carbocycles. The number of hydrogen-bond acceptors (Lipinski definition) is 3. The number of hydrogen-bond donors (Lipinski definition) is 1. The second-order valence-corrected chi connectivity index (χ2v) is 5.73. The lowest BCUT2D eigenvalue weighted by Crippen LogP contribution is -2.22. The van der Waals surface area contributed by atoms with E-state index in [1.165, 1.54) is 0 Å². The van der Waals surface area contributed by atoms with Gasteiger partial charge in [-0.1, -0.05) is 30.3 Å². The van der Waals surface area contributed by atoms with Gasteiger partial charge in [0.15, 0.2) is 6.61 Å². The van der Waals surface area contributed by atoms with E-state index in [0.717, 1.165) is 16.8 Å². The molecule has 0 saturated heterocycles. The summed E-state index contributed by atoms with van der Waals surface area (Å²) in [6.45, 7) is 3.50. The summed E-state index contributed by atoms with van der Waals surface area (Å²) in [6, 6.07) is 12.7. The first-order chi connectivity index (χ1) is 10.5. The lowest BCUT2D eigenvalue weighted by Gasteiger charge is -2.11. The van der Waals surface area contributed by atoms with E-state index in [0.29, 0.717) is 10.0 Å². The van der Waals surface area contributed by atoms with Gasteiger partial charge in [0.2, 0.25) is 0 Å². The Kier molecular flexibility index (Phi) is 5.33. The Bertz CT molecular complexity index is 693. The quantitative estimate of drug-likeness (QED) is 0.841. The molecule has 0 fully saturated rings. The summed E-state index contributed by atoms with van der Waals surface area (Å²) in [5, 5.41) is 2.77. The van der Waals surface area contributed by atoms with Gasteiger partial charge >= 0.3 is 5.97 Å². The highest BCUT2D eigenvalue weighted by molar-refractivity contribution is 9.10. The molecule has 1 amide bonds. The van der Waals surface area contributed by atoms with Crippen molar-refractivity contribution in [3.63, 3.8) is 0 Å². The SMILES string of the molecule is Cc1cccc(C)c1NC(=O)COC(=O)c1ccccc1Br. The van der Waals surface area contributed by atoms with Gasteiger partial charge in [0.1, 0.15) is 0 Å². The van der Waals surface area contributed by atoms with Crippen LogP contribution < -0.4 is 5.32 Å². The van der Waals surface area contributed by atoms with Crippen molar-refractivity contribution in [3.8, 4) is 0 Å². The number of rotatable bonds is 4. The number of para-hydroxylation sites is 1. The number of ether oxygens (including phenoxy) is 1. The second kappa shape index (κ2) is 7.22.